The minimum atomic E-state index is -0.981. The lowest BCUT2D eigenvalue weighted by Gasteiger charge is -1.64. The van der Waals surface area contributed by atoms with Gasteiger partial charge in [-0.05, 0) is 0 Å². The van der Waals surface area contributed by atoms with E-state index in [1.54, 1.807) is 0 Å². The van der Waals surface area contributed by atoms with Crippen LogP contribution in [-0.4, -0.2) is 11.1 Å². The van der Waals surface area contributed by atoms with Crippen molar-refractivity contribution in [3.63, 3.8) is 0 Å². The maximum atomic E-state index is 9.25. The van der Waals surface area contributed by atoms with E-state index in [1.807, 2.05) is 0 Å². The molecule has 0 bridgehead atoms. The molecule has 2 heteroatoms. The molecule has 0 radical (unpaired) electrons. The lowest BCUT2D eigenvalue weighted by atomic mass is 10.7. The third-order valence-electron chi connectivity index (χ3n) is 0.175. The summed E-state index contributed by atoms with van der Waals surface area (Å²) in [6.07, 6.45) is 0.833. The van der Waals surface area contributed by atoms with Crippen LogP contribution in [0.25, 0.3) is 0 Å². The first-order valence-corrected chi connectivity index (χ1v) is 2.62. The zero-order valence-corrected chi connectivity index (χ0v) is 6.88. The molecule has 0 spiro atoms. The summed E-state index contributed by atoms with van der Waals surface area (Å²) >= 11 is 0. The van der Waals surface area contributed by atoms with Gasteiger partial charge in [-0.1, -0.05) is 6.58 Å². The molecule has 64 valence electrons. The van der Waals surface area contributed by atoms with Crippen LogP contribution in [0.4, 0.5) is 0 Å². The van der Waals surface area contributed by atoms with Gasteiger partial charge < -0.3 is 5.11 Å². The molecule has 0 fully saturated rings. The molecule has 0 aliphatic heterocycles. The first-order valence-electron chi connectivity index (χ1n) is 2.62. The Morgan fingerprint density at radius 3 is 1.09 bits per heavy atom. The van der Waals surface area contributed by atoms with Crippen LogP contribution in [0, 0.1) is 0 Å². The molecule has 1 N–H and O–H groups in total. The maximum Gasteiger partial charge on any atom is 0.327 e. The van der Waals surface area contributed by atoms with Gasteiger partial charge in [0.1, 0.15) is 0 Å². The van der Waals surface area contributed by atoms with Crippen LogP contribution in [0.1, 0.15) is 0 Å². The normalized spacial score (nSPS) is 4.00. The summed E-state index contributed by atoms with van der Waals surface area (Å²) < 4.78 is 0. The Morgan fingerprint density at radius 1 is 1.00 bits per heavy atom. The molecule has 0 heterocycles. The molecular weight excluding hydrogens is 140 g/mol. The van der Waals surface area contributed by atoms with Gasteiger partial charge in [-0.3, -0.25) is 0 Å². The first-order chi connectivity index (χ1) is 5.27. The molecule has 0 unspecified atom stereocenters. The minimum absolute atomic E-state index is 0.833. The Kier molecular flexibility index (Phi) is 163. The average molecular weight is 156 g/mol. The van der Waals surface area contributed by atoms with Gasteiger partial charge in [0, 0.05) is 6.08 Å². The zero-order valence-electron chi connectivity index (χ0n) is 6.88. The van der Waals surface area contributed by atoms with Crippen LogP contribution in [0.2, 0.25) is 0 Å². The fourth-order valence-electron chi connectivity index (χ4n) is 0. The van der Waals surface area contributed by atoms with Crippen molar-refractivity contribution in [3.05, 3.63) is 52.1 Å². The highest BCUT2D eigenvalue weighted by Crippen LogP contribution is 1.54. The Balaban J connectivity index is -0.0000000350. The van der Waals surface area contributed by atoms with Gasteiger partial charge in [-0.15, -0.1) is 39.5 Å². The largest absolute Gasteiger partial charge is 0.478 e. The number of rotatable bonds is 1. The third-order valence-corrected chi connectivity index (χ3v) is 0.175. The fourth-order valence-corrected chi connectivity index (χ4v) is 0. The Morgan fingerprint density at radius 2 is 1.09 bits per heavy atom. The molecule has 0 rings (SSSR count). The monoisotopic (exact) mass is 156 g/mol. The molecule has 0 aliphatic rings. The predicted molar refractivity (Wildman–Crippen MR) is 51.6 cm³/mol. The van der Waals surface area contributed by atoms with E-state index in [0.29, 0.717) is 0 Å². The number of carboxylic acids is 1. The van der Waals surface area contributed by atoms with Crippen molar-refractivity contribution in [1.29, 1.82) is 0 Å². The molecule has 0 aromatic rings. The second-order valence-corrected chi connectivity index (χ2v) is 0.542. The molecule has 0 aromatic heterocycles. The Hall–Kier alpha value is -1.57. The van der Waals surface area contributed by atoms with Crippen molar-refractivity contribution in [2.24, 2.45) is 0 Å². The van der Waals surface area contributed by atoms with E-state index in [4.69, 9.17) is 5.11 Å². The number of hydrogen-bond acceptors (Lipinski definition) is 1. The summed E-state index contributed by atoms with van der Waals surface area (Å²) in [6.45, 7) is 21.0. The smallest absolute Gasteiger partial charge is 0.327 e. The number of aliphatic carboxylic acids is 1. The quantitative estimate of drug-likeness (QED) is 0.468. The molecule has 0 saturated heterocycles. The molecule has 2 nitrogen and oxygen atoms in total. The summed E-state index contributed by atoms with van der Waals surface area (Å²) in [5.74, 6) is -0.981. The van der Waals surface area contributed by atoms with Gasteiger partial charge >= 0.3 is 5.97 Å². The Labute approximate surface area is 68.9 Å². The average Bonchev–Trinajstić information content (AvgIpc) is 2.15. The van der Waals surface area contributed by atoms with Gasteiger partial charge in [-0.25, -0.2) is 4.79 Å². The van der Waals surface area contributed by atoms with Crippen LogP contribution < -0.4 is 0 Å². The summed E-state index contributed by atoms with van der Waals surface area (Å²) in [5.41, 5.74) is 0. The Bertz CT molecular complexity index is 82.8. The third kappa shape index (κ3) is 1890. The van der Waals surface area contributed by atoms with E-state index < -0.39 is 5.97 Å². The molecule has 0 aromatic carbocycles. The topological polar surface area (TPSA) is 37.3 Å². The van der Waals surface area contributed by atoms with E-state index >= 15 is 0 Å². The number of hydrogen-bond donors (Lipinski definition) is 1. The minimum Gasteiger partial charge on any atom is -0.478 e. The molecule has 0 amide bonds. The zero-order chi connectivity index (χ0) is 10.3. The van der Waals surface area contributed by atoms with Crippen molar-refractivity contribution in [1.82, 2.24) is 0 Å². The highest BCUT2D eigenvalue weighted by Gasteiger charge is 1.73. The fraction of sp³-hybridized carbons (Fsp3) is 0. The van der Waals surface area contributed by atoms with Gasteiger partial charge in [0.2, 0.25) is 0 Å². The van der Waals surface area contributed by atoms with Crippen LogP contribution >= 0.6 is 0 Å². The van der Waals surface area contributed by atoms with E-state index in [0.717, 1.165) is 6.08 Å². The summed E-state index contributed by atoms with van der Waals surface area (Å²) in [5, 5.41) is 7.60. The summed E-state index contributed by atoms with van der Waals surface area (Å²) in [4.78, 5) is 9.25. The molecule has 0 atom stereocenters. The molecule has 0 saturated carbocycles. The highest BCUT2D eigenvalue weighted by atomic mass is 16.4. The predicted octanol–water partition coefficient (Wildman–Crippen LogP) is 2.66. The van der Waals surface area contributed by atoms with Gasteiger partial charge in [0.05, 0.1) is 0 Å². The maximum absolute atomic E-state index is 9.25. The second-order valence-electron chi connectivity index (χ2n) is 0.542. The number of carboxylic acid groups (broad SMARTS) is 1. The standard InChI is InChI=1S/C3H4O2.3C2H4/c1-2-3(4)5;3*1-2/h2H,1H2,(H,4,5);3*1-2H2. The lowest BCUT2D eigenvalue weighted by Crippen LogP contribution is -1.82. The number of carbonyl (C=O) groups is 1. The van der Waals surface area contributed by atoms with Crippen molar-refractivity contribution in [2.75, 3.05) is 0 Å². The van der Waals surface area contributed by atoms with Crippen LogP contribution in [-0.2, 0) is 4.79 Å². The van der Waals surface area contributed by atoms with Crippen LogP contribution in [0.5, 0.6) is 0 Å². The first kappa shape index (κ1) is 22.7. The van der Waals surface area contributed by atoms with Gasteiger partial charge in [-0.2, -0.15) is 0 Å². The molecule has 11 heavy (non-hydrogen) atoms. The van der Waals surface area contributed by atoms with Crippen LogP contribution in [0.3, 0.4) is 0 Å². The van der Waals surface area contributed by atoms with Crippen molar-refractivity contribution in [2.45, 2.75) is 0 Å². The summed E-state index contributed by atoms with van der Waals surface area (Å²) in [6, 6.07) is 0. The van der Waals surface area contributed by atoms with E-state index in [2.05, 4.69) is 46.1 Å². The van der Waals surface area contributed by atoms with E-state index in [1.165, 1.54) is 0 Å². The lowest BCUT2D eigenvalue weighted by molar-refractivity contribution is -0.131. The van der Waals surface area contributed by atoms with Crippen molar-refractivity contribution in [3.8, 4) is 0 Å². The van der Waals surface area contributed by atoms with Crippen LogP contribution in [0.15, 0.2) is 52.1 Å². The van der Waals surface area contributed by atoms with Gasteiger partial charge in [0.25, 0.3) is 0 Å². The molecule has 0 aliphatic carbocycles. The SMILES string of the molecule is C=C.C=C.C=C.C=CC(=O)O. The van der Waals surface area contributed by atoms with Crippen molar-refractivity contribution < 1.29 is 9.90 Å². The van der Waals surface area contributed by atoms with Crippen molar-refractivity contribution >= 4 is 5.97 Å². The van der Waals surface area contributed by atoms with E-state index in [9.17, 15) is 4.79 Å². The highest BCUT2D eigenvalue weighted by molar-refractivity contribution is 5.78. The van der Waals surface area contributed by atoms with Gasteiger partial charge in [0.15, 0.2) is 0 Å². The summed E-state index contributed by atoms with van der Waals surface area (Å²) in [7, 11) is 0. The second kappa shape index (κ2) is 78.8. The molecular formula is C9H16O2. The van der Waals surface area contributed by atoms with E-state index in [-0.39, 0.29) is 0 Å².